The molecule has 7 nitrogen and oxygen atoms in total. The maximum atomic E-state index is 14.5. The third-order valence-corrected chi connectivity index (χ3v) is 8.80. The van der Waals surface area contributed by atoms with Crippen LogP contribution in [0.3, 0.4) is 0 Å². The van der Waals surface area contributed by atoms with E-state index in [2.05, 4.69) is 11.8 Å². The number of ether oxygens (including phenoxy) is 2. The molecule has 4 rings (SSSR count). The van der Waals surface area contributed by atoms with E-state index >= 15 is 0 Å². The number of rotatable bonds is 9. The fourth-order valence-electron chi connectivity index (χ4n) is 4.84. The van der Waals surface area contributed by atoms with E-state index in [0.717, 1.165) is 42.0 Å². The molecule has 0 aromatic heterocycles. The van der Waals surface area contributed by atoms with Gasteiger partial charge < -0.3 is 19.3 Å². The molecule has 1 aliphatic rings. The van der Waals surface area contributed by atoms with Crippen LogP contribution >= 0.6 is 0 Å². The minimum Gasteiger partial charge on any atom is -0.497 e. The molecule has 198 valence electrons. The molecule has 3 aromatic carbocycles. The highest BCUT2D eigenvalue weighted by Gasteiger charge is 2.40. The third kappa shape index (κ3) is 5.55. The van der Waals surface area contributed by atoms with Crippen LogP contribution in [0, 0.1) is 0 Å². The van der Waals surface area contributed by atoms with Gasteiger partial charge in [0.2, 0.25) is 10.0 Å². The summed E-state index contributed by atoms with van der Waals surface area (Å²) in [5, 5.41) is 0. The van der Waals surface area contributed by atoms with Crippen LogP contribution in [-0.2, 0) is 16.6 Å². The minimum atomic E-state index is -3.87. The second kappa shape index (κ2) is 11.4. The van der Waals surface area contributed by atoms with Crippen LogP contribution in [0.25, 0.3) is 0 Å². The quantitative estimate of drug-likeness (QED) is 0.360. The first-order chi connectivity index (χ1) is 17.8. The van der Waals surface area contributed by atoms with Crippen molar-refractivity contribution < 1.29 is 17.9 Å². The number of nitrogens with zero attached hydrogens (tertiary/aromatic N) is 3. The van der Waals surface area contributed by atoms with Crippen molar-refractivity contribution in [2.24, 2.45) is 0 Å². The van der Waals surface area contributed by atoms with Crippen LogP contribution in [0.5, 0.6) is 11.5 Å². The summed E-state index contributed by atoms with van der Waals surface area (Å²) in [5.41, 5.74) is 3.36. The van der Waals surface area contributed by atoms with Crippen molar-refractivity contribution in [3.05, 3.63) is 72.3 Å². The van der Waals surface area contributed by atoms with Crippen LogP contribution in [0.15, 0.2) is 71.6 Å². The van der Waals surface area contributed by atoms with Gasteiger partial charge in [-0.05, 0) is 42.3 Å². The lowest BCUT2D eigenvalue weighted by atomic mass is 10.1. The van der Waals surface area contributed by atoms with Crippen molar-refractivity contribution in [3.63, 3.8) is 0 Å². The summed E-state index contributed by atoms with van der Waals surface area (Å²) in [5.74, 6) is 1.27. The van der Waals surface area contributed by atoms with Gasteiger partial charge in [0.15, 0.2) is 0 Å². The fraction of sp³-hybridized carbons (Fsp3) is 0.379. The van der Waals surface area contributed by atoms with E-state index < -0.39 is 10.0 Å². The summed E-state index contributed by atoms with van der Waals surface area (Å²) < 4.78 is 41.6. The van der Waals surface area contributed by atoms with E-state index in [4.69, 9.17) is 9.47 Å². The molecule has 8 heteroatoms. The number of unbranched alkanes of at least 4 members (excludes halogenated alkanes) is 1. The van der Waals surface area contributed by atoms with Crippen molar-refractivity contribution in [1.82, 2.24) is 4.31 Å². The Hall–Kier alpha value is -3.23. The van der Waals surface area contributed by atoms with Crippen molar-refractivity contribution in [2.75, 3.05) is 44.7 Å². The summed E-state index contributed by atoms with van der Waals surface area (Å²) in [7, 11) is 3.20. The molecule has 0 saturated carbocycles. The van der Waals surface area contributed by atoms with Gasteiger partial charge in [-0.3, -0.25) is 0 Å². The van der Waals surface area contributed by atoms with E-state index in [1.165, 1.54) is 0 Å². The van der Waals surface area contributed by atoms with Gasteiger partial charge in [0.1, 0.15) is 16.4 Å². The molecule has 0 radical (unpaired) electrons. The van der Waals surface area contributed by atoms with Crippen molar-refractivity contribution in [2.45, 2.75) is 43.7 Å². The van der Waals surface area contributed by atoms with Crippen LogP contribution in [0.4, 0.5) is 17.1 Å². The summed E-state index contributed by atoms with van der Waals surface area (Å²) in [6.45, 7) is 2.96. The highest BCUT2D eigenvalue weighted by atomic mass is 32.2. The van der Waals surface area contributed by atoms with Gasteiger partial charge in [0, 0.05) is 45.0 Å². The van der Waals surface area contributed by atoms with E-state index in [9.17, 15) is 8.42 Å². The van der Waals surface area contributed by atoms with Crippen molar-refractivity contribution in [1.29, 1.82) is 0 Å². The predicted octanol–water partition coefficient (Wildman–Crippen LogP) is 5.67. The average molecular weight is 524 g/mol. The molecule has 1 aliphatic heterocycles. The fourth-order valence-corrected chi connectivity index (χ4v) is 6.67. The first-order valence-electron chi connectivity index (χ1n) is 12.7. The topological polar surface area (TPSA) is 62.3 Å². The number of benzene rings is 3. The van der Waals surface area contributed by atoms with Gasteiger partial charge in [0.25, 0.3) is 0 Å². The third-order valence-electron chi connectivity index (χ3n) is 6.88. The lowest BCUT2D eigenvalue weighted by Crippen LogP contribution is -2.43. The smallest absolute Gasteiger partial charge is 0.245 e. The van der Waals surface area contributed by atoms with E-state index in [1.54, 1.807) is 24.6 Å². The van der Waals surface area contributed by atoms with Crippen LogP contribution in [-0.4, -0.2) is 53.6 Å². The first kappa shape index (κ1) is 26.8. The molecule has 0 aliphatic carbocycles. The number of para-hydroxylation sites is 1. The highest BCUT2D eigenvalue weighted by Crippen LogP contribution is 2.44. The number of hydrogen-bond acceptors (Lipinski definition) is 6. The Morgan fingerprint density at radius 3 is 2.27 bits per heavy atom. The molecular formula is C29H37N3O4S. The van der Waals surface area contributed by atoms with Crippen molar-refractivity contribution >= 4 is 27.1 Å². The zero-order valence-electron chi connectivity index (χ0n) is 22.3. The molecule has 0 fully saturated rings. The molecule has 37 heavy (non-hydrogen) atoms. The molecule has 0 bridgehead atoms. The Labute approximate surface area is 221 Å². The second-order valence-corrected chi connectivity index (χ2v) is 11.4. The average Bonchev–Trinajstić information content (AvgIpc) is 3.00. The Balaban J connectivity index is 1.92. The molecule has 0 N–H and O–H groups in total. The Morgan fingerprint density at radius 1 is 0.973 bits per heavy atom. The Kier molecular flexibility index (Phi) is 8.29. The molecule has 0 spiro atoms. The number of fused-ring (bicyclic) bond motifs is 1. The molecule has 0 saturated heterocycles. The van der Waals surface area contributed by atoms with Gasteiger partial charge in [-0.1, -0.05) is 50.1 Å². The highest BCUT2D eigenvalue weighted by molar-refractivity contribution is 7.89. The maximum absolute atomic E-state index is 14.5. The minimum absolute atomic E-state index is 0.214. The SMILES string of the molecule is CCCC[C@@H]1CN(c2ccccc2)c2cc(N(C)C)c(OC)cc2S(=O)(=O)N1Cc1ccc(OC)cc1. The Morgan fingerprint density at radius 2 is 1.68 bits per heavy atom. The Bertz CT molecular complexity index is 1290. The maximum Gasteiger partial charge on any atom is 0.245 e. The van der Waals surface area contributed by atoms with Crippen molar-refractivity contribution in [3.8, 4) is 11.5 Å². The lowest BCUT2D eigenvalue weighted by molar-refractivity contribution is 0.300. The van der Waals surface area contributed by atoms with Crippen LogP contribution < -0.4 is 19.3 Å². The number of hydrogen-bond donors (Lipinski definition) is 0. The summed E-state index contributed by atoms with van der Waals surface area (Å²) in [6.07, 6.45) is 2.69. The first-order valence-corrected chi connectivity index (χ1v) is 14.1. The summed E-state index contributed by atoms with van der Waals surface area (Å²) >= 11 is 0. The van der Waals surface area contributed by atoms with Gasteiger partial charge >= 0.3 is 0 Å². The monoisotopic (exact) mass is 523 g/mol. The van der Waals surface area contributed by atoms with E-state index in [-0.39, 0.29) is 17.5 Å². The van der Waals surface area contributed by atoms with Gasteiger partial charge in [0.05, 0.1) is 25.6 Å². The zero-order valence-corrected chi connectivity index (χ0v) is 23.2. The predicted molar refractivity (Wildman–Crippen MR) is 150 cm³/mol. The van der Waals surface area contributed by atoms with E-state index in [0.29, 0.717) is 18.0 Å². The standard InChI is InChI=1S/C29H37N3O4S/c1-6-7-11-24-21-31(23-12-9-8-10-13-23)27-18-26(30(2)3)28(36-5)19-29(27)37(33,34)32(24)20-22-14-16-25(35-4)17-15-22/h8-10,12-19,24H,6-7,11,20-21H2,1-5H3/t24-/m1/s1. The van der Waals surface area contributed by atoms with Crippen LogP contribution in [0.2, 0.25) is 0 Å². The largest absolute Gasteiger partial charge is 0.497 e. The lowest BCUT2D eigenvalue weighted by Gasteiger charge is -2.32. The van der Waals surface area contributed by atoms with Gasteiger partial charge in [-0.15, -0.1) is 0 Å². The second-order valence-electron chi connectivity index (χ2n) is 9.53. The number of sulfonamides is 1. The molecule has 1 atom stereocenters. The molecule has 1 heterocycles. The summed E-state index contributed by atoms with van der Waals surface area (Å²) in [4.78, 5) is 4.35. The number of methoxy groups -OCH3 is 2. The zero-order chi connectivity index (χ0) is 26.6. The summed E-state index contributed by atoms with van der Waals surface area (Å²) in [6, 6.07) is 21.0. The van der Waals surface area contributed by atoms with Crippen LogP contribution in [0.1, 0.15) is 31.7 Å². The number of anilines is 3. The molecule has 0 amide bonds. The van der Waals surface area contributed by atoms with E-state index in [1.807, 2.05) is 79.7 Å². The van der Waals surface area contributed by atoms with Gasteiger partial charge in [-0.25, -0.2) is 8.42 Å². The normalized spacial score (nSPS) is 17.1. The molecular weight excluding hydrogens is 486 g/mol. The van der Waals surface area contributed by atoms with Gasteiger partial charge in [-0.2, -0.15) is 4.31 Å². The molecule has 3 aromatic rings. The molecule has 0 unspecified atom stereocenters.